The molecule has 3 fully saturated rings. The van der Waals surface area contributed by atoms with Gasteiger partial charge in [-0.1, -0.05) is 23.8 Å². The highest BCUT2D eigenvalue weighted by atomic mass is 35.5. The summed E-state index contributed by atoms with van der Waals surface area (Å²) in [5, 5.41) is 2.79. The van der Waals surface area contributed by atoms with Gasteiger partial charge in [-0.15, -0.1) is 24.4 Å². The maximum absolute atomic E-state index is 13.5. The lowest BCUT2D eigenvalue weighted by atomic mass is 10.2. The average molecular weight is 438 g/mol. The molecule has 144 valence electrons. The van der Waals surface area contributed by atoms with Crippen LogP contribution < -0.4 is 5.32 Å². The molecule has 0 aliphatic carbocycles. The lowest BCUT2D eigenvalue weighted by Crippen LogP contribution is -2.55. The topological polar surface area (TPSA) is 44.8 Å². The van der Waals surface area contributed by atoms with Gasteiger partial charge in [0.25, 0.3) is 0 Å². The first-order valence-corrected chi connectivity index (χ1v) is 10.2. The van der Waals surface area contributed by atoms with Crippen LogP contribution in [-0.4, -0.2) is 72.2 Å². The van der Waals surface area contributed by atoms with Crippen LogP contribution in [0, 0.1) is 5.82 Å². The molecule has 3 aliphatic rings. The largest absolute Gasteiger partial charge is 0.468 e. The van der Waals surface area contributed by atoms with Gasteiger partial charge in [-0.3, -0.25) is 14.6 Å². The van der Waals surface area contributed by atoms with Crippen LogP contribution in [-0.2, 0) is 9.53 Å². The van der Waals surface area contributed by atoms with Gasteiger partial charge in [0.2, 0.25) is 0 Å². The first-order valence-electron chi connectivity index (χ1n) is 8.02. The molecule has 0 saturated carbocycles. The fourth-order valence-corrected chi connectivity index (χ4v) is 3.90. The monoisotopic (exact) mass is 437 g/mol. The molecule has 4 rings (SSSR count). The summed E-state index contributed by atoms with van der Waals surface area (Å²) in [6, 6.07) is 2.61. The molecule has 0 radical (unpaired) electrons. The summed E-state index contributed by atoms with van der Waals surface area (Å²) in [4.78, 5) is 16.7. The van der Waals surface area contributed by atoms with Crippen molar-refractivity contribution in [3.63, 3.8) is 0 Å². The number of nitrogens with one attached hydrogen (secondary N) is 1. The Morgan fingerprint density at radius 1 is 1.31 bits per heavy atom. The molecule has 0 amide bonds. The van der Waals surface area contributed by atoms with Crippen LogP contribution in [0.25, 0.3) is 0 Å². The SMILES string of the molecule is C1CN2CCN1CC2.COC(=O)CSc1cc(NC(=S)S)c(F)cc1Cl. The van der Waals surface area contributed by atoms with Crippen LogP contribution >= 0.6 is 48.2 Å². The van der Waals surface area contributed by atoms with Crippen molar-refractivity contribution in [2.75, 3.05) is 57.4 Å². The predicted octanol–water partition coefficient (Wildman–Crippen LogP) is 2.99. The Hall–Kier alpha value is -0.580. The normalized spacial score (nSPS) is 20.8. The molecular weight excluding hydrogens is 417 g/mol. The Morgan fingerprint density at radius 2 is 1.85 bits per heavy atom. The van der Waals surface area contributed by atoms with Gasteiger partial charge in [0.15, 0.2) is 0 Å². The summed E-state index contributed by atoms with van der Waals surface area (Å²) >= 11 is 15.6. The quantitative estimate of drug-likeness (QED) is 0.325. The maximum Gasteiger partial charge on any atom is 0.315 e. The second-order valence-corrected chi connectivity index (χ2v) is 8.32. The molecule has 1 aromatic carbocycles. The first kappa shape index (κ1) is 21.7. The number of carbonyl (C=O) groups excluding carboxylic acids is 1. The Kier molecular flexibility index (Phi) is 8.92. The van der Waals surface area contributed by atoms with Crippen molar-refractivity contribution in [2.24, 2.45) is 0 Å². The van der Waals surface area contributed by atoms with E-state index in [0.717, 1.165) is 17.8 Å². The molecule has 1 aromatic rings. The molecule has 0 spiro atoms. The van der Waals surface area contributed by atoms with Gasteiger partial charge in [0.05, 0.1) is 23.6 Å². The molecule has 3 heterocycles. The fourth-order valence-electron chi connectivity index (χ4n) is 2.57. The maximum atomic E-state index is 13.5. The van der Waals surface area contributed by atoms with Gasteiger partial charge in [-0.2, -0.15) is 0 Å². The number of esters is 1. The number of hydrogen-bond acceptors (Lipinski definition) is 6. The van der Waals surface area contributed by atoms with Crippen molar-refractivity contribution in [1.29, 1.82) is 0 Å². The fraction of sp³-hybridized carbons (Fsp3) is 0.500. The Labute approximate surface area is 173 Å². The average Bonchev–Trinajstić information content (AvgIpc) is 2.64. The van der Waals surface area contributed by atoms with Crippen molar-refractivity contribution in [3.05, 3.63) is 23.0 Å². The van der Waals surface area contributed by atoms with Crippen molar-refractivity contribution in [1.82, 2.24) is 9.80 Å². The lowest BCUT2D eigenvalue weighted by Gasteiger charge is -2.41. The van der Waals surface area contributed by atoms with Crippen molar-refractivity contribution in [2.45, 2.75) is 4.90 Å². The van der Waals surface area contributed by atoms with Crippen LogP contribution in [0.1, 0.15) is 0 Å². The Bertz CT molecular complexity index is 635. The molecular formula is C16H21ClFN3O2S3. The third kappa shape index (κ3) is 6.86. The number of thioether (sulfide) groups is 1. The zero-order valence-electron chi connectivity index (χ0n) is 14.3. The number of rotatable bonds is 4. The van der Waals surface area contributed by atoms with E-state index in [9.17, 15) is 9.18 Å². The van der Waals surface area contributed by atoms with Gasteiger partial charge in [0.1, 0.15) is 10.1 Å². The van der Waals surface area contributed by atoms with Crippen molar-refractivity contribution < 1.29 is 13.9 Å². The van der Waals surface area contributed by atoms with Crippen LogP contribution in [0.5, 0.6) is 0 Å². The highest BCUT2D eigenvalue weighted by molar-refractivity contribution is 8.11. The number of methoxy groups -OCH3 is 1. The molecule has 26 heavy (non-hydrogen) atoms. The molecule has 0 atom stereocenters. The van der Waals surface area contributed by atoms with E-state index >= 15 is 0 Å². The molecule has 3 saturated heterocycles. The van der Waals surface area contributed by atoms with Crippen LogP contribution in [0.2, 0.25) is 5.02 Å². The molecule has 10 heteroatoms. The zero-order valence-corrected chi connectivity index (χ0v) is 17.6. The van der Waals surface area contributed by atoms with Crippen LogP contribution in [0.4, 0.5) is 10.1 Å². The van der Waals surface area contributed by atoms with E-state index in [4.69, 9.17) is 23.8 Å². The Balaban J connectivity index is 0.000000247. The number of fused-ring (bicyclic) bond motifs is 3. The summed E-state index contributed by atoms with van der Waals surface area (Å²) in [5.74, 6) is -0.842. The number of halogens is 2. The molecule has 5 nitrogen and oxygen atoms in total. The summed E-state index contributed by atoms with van der Waals surface area (Å²) in [5.41, 5.74) is 0.159. The van der Waals surface area contributed by atoms with E-state index in [1.165, 1.54) is 52.4 Å². The van der Waals surface area contributed by atoms with E-state index in [1.807, 2.05) is 0 Å². The number of piperazine rings is 3. The lowest BCUT2D eigenvalue weighted by molar-refractivity contribution is -0.137. The summed E-state index contributed by atoms with van der Waals surface area (Å²) in [7, 11) is 1.29. The number of hydrogen-bond donors (Lipinski definition) is 2. The minimum Gasteiger partial charge on any atom is -0.468 e. The standard InChI is InChI=1S/C10H9ClFNO2S3.C6H12N2/c1-15-9(14)4-18-8-3-7(13-10(16)17)6(12)2-5(8)11;1-2-8-5-3-7(1)4-6-8/h2-3H,4H2,1H3,(H2,13,16,17);1-6H2. The van der Waals surface area contributed by atoms with Gasteiger partial charge in [0, 0.05) is 44.2 Å². The van der Waals surface area contributed by atoms with Crippen LogP contribution in [0.15, 0.2) is 17.0 Å². The highest BCUT2D eigenvalue weighted by Gasteiger charge is 2.21. The van der Waals surface area contributed by atoms with E-state index < -0.39 is 5.82 Å². The zero-order chi connectivity index (χ0) is 19.1. The van der Waals surface area contributed by atoms with E-state index in [1.54, 1.807) is 0 Å². The number of ether oxygens (including phenoxy) is 1. The Morgan fingerprint density at radius 3 is 2.27 bits per heavy atom. The predicted molar refractivity (Wildman–Crippen MR) is 112 cm³/mol. The second kappa shape index (κ2) is 10.7. The molecule has 0 unspecified atom stereocenters. The summed E-state index contributed by atoms with van der Waals surface area (Å²) < 4.78 is 18.2. The van der Waals surface area contributed by atoms with Crippen molar-refractivity contribution in [3.8, 4) is 0 Å². The summed E-state index contributed by atoms with van der Waals surface area (Å²) in [6.07, 6.45) is 0. The second-order valence-electron chi connectivity index (χ2n) is 5.74. The number of nitrogens with zero attached hydrogens (tertiary/aromatic N) is 2. The van der Waals surface area contributed by atoms with Gasteiger partial charge in [-0.05, 0) is 12.1 Å². The first-order chi connectivity index (χ1) is 12.4. The highest BCUT2D eigenvalue weighted by Crippen LogP contribution is 2.32. The van der Waals surface area contributed by atoms with E-state index in [-0.39, 0.29) is 26.8 Å². The third-order valence-electron chi connectivity index (χ3n) is 4.03. The molecule has 3 aliphatic heterocycles. The van der Waals surface area contributed by atoms with Crippen LogP contribution in [0.3, 0.4) is 0 Å². The van der Waals surface area contributed by atoms with Gasteiger partial charge >= 0.3 is 5.97 Å². The minimum atomic E-state index is -0.543. The number of anilines is 1. The number of benzene rings is 1. The van der Waals surface area contributed by atoms with E-state index in [0.29, 0.717) is 4.90 Å². The minimum absolute atomic E-state index is 0.0899. The van der Waals surface area contributed by atoms with Gasteiger partial charge in [-0.25, -0.2) is 4.39 Å². The van der Waals surface area contributed by atoms with Gasteiger partial charge < -0.3 is 10.1 Å². The molecule has 1 N–H and O–H groups in total. The van der Waals surface area contributed by atoms with E-state index in [2.05, 4.69) is 32.5 Å². The smallest absolute Gasteiger partial charge is 0.315 e. The molecule has 0 aromatic heterocycles. The van der Waals surface area contributed by atoms with Crippen molar-refractivity contribution >= 4 is 64.2 Å². The number of thiol groups is 1. The number of thiocarbonyl (C=S) groups is 1. The number of carbonyl (C=O) groups is 1. The summed E-state index contributed by atoms with van der Waals surface area (Å²) in [6.45, 7) is 7.92. The third-order valence-corrected chi connectivity index (χ3v) is 5.70. The molecule has 2 bridgehead atoms.